The van der Waals surface area contributed by atoms with E-state index in [1.165, 1.54) is 0 Å². The number of rotatable bonds is 4. The van der Waals surface area contributed by atoms with Crippen molar-refractivity contribution in [2.45, 2.75) is 31.9 Å². The van der Waals surface area contributed by atoms with Crippen LogP contribution in [0.1, 0.15) is 32.1 Å². The van der Waals surface area contributed by atoms with Crippen molar-refractivity contribution in [3.63, 3.8) is 0 Å². The topological polar surface area (TPSA) is 54.2 Å². The molecule has 2 unspecified atom stereocenters. The second-order valence-corrected chi connectivity index (χ2v) is 5.15. The molecule has 0 bridgehead atoms. The van der Waals surface area contributed by atoms with Crippen molar-refractivity contribution in [3.05, 3.63) is 10.3 Å². The van der Waals surface area contributed by atoms with Crippen molar-refractivity contribution in [3.8, 4) is 0 Å². The number of aliphatic hydroxyl groups excluding tert-OH is 1. The molecule has 0 aliphatic carbocycles. The first-order valence-corrected chi connectivity index (χ1v) is 6.04. The van der Waals surface area contributed by atoms with Crippen LogP contribution in [-0.4, -0.2) is 44.6 Å². The van der Waals surface area contributed by atoms with E-state index < -0.39 is 6.10 Å². The zero-order valence-corrected chi connectivity index (χ0v) is 12.0. The summed E-state index contributed by atoms with van der Waals surface area (Å²) in [5.74, 6) is 0. The molecular formula is C10H19BrN4O. The number of likely N-dealkylation sites (N-methyl/N-ethyl adjacent to an activating group) is 1. The normalized spacial score (nSPS) is 17.5. The summed E-state index contributed by atoms with van der Waals surface area (Å²) in [7, 11) is 5.71. The Balaban J connectivity index is 3.14. The lowest BCUT2D eigenvalue weighted by Gasteiger charge is -2.39. The summed E-state index contributed by atoms with van der Waals surface area (Å²) < 4.78 is 2.20. The van der Waals surface area contributed by atoms with Gasteiger partial charge in [-0.1, -0.05) is 12.1 Å². The summed E-state index contributed by atoms with van der Waals surface area (Å²) in [4.78, 5) is 2.02. The molecule has 92 valence electrons. The molecule has 1 rings (SSSR count). The molecule has 0 spiro atoms. The van der Waals surface area contributed by atoms with Crippen LogP contribution in [0.2, 0.25) is 0 Å². The number of hydrogen-bond acceptors (Lipinski definition) is 4. The number of nitrogens with zero attached hydrogens (tertiary/aromatic N) is 4. The molecule has 6 heteroatoms. The van der Waals surface area contributed by atoms with Gasteiger partial charge in [0.05, 0.1) is 0 Å². The predicted octanol–water partition coefficient (Wildman–Crippen LogP) is 1.34. The van der Waals surface area contributed by atoms with Crippen molar-refractivity contribution in [1.82, 2.24) is 19.9 Å². The molecule has 0 aromatic carbocycles. The molecule has 5 nitrogen and oxygen atoms in total. The molecule has 1 heterocycles. The van der Waals surface area contributed by atoms with Crippen molar-refractivity contribution in [1.29, 1.82) is 0 Å². The van der Waals surface area contributed by atoms with E-state index in [0.29, 0.717) is 10.3 Å². The Morgan fingerprint density at radius 1 is 1.56 bits per heavy atom. The minimum absolute atomic E-state index is 0.335. The van der Waals surface area contributed by atoms with Gasteiger partial charge in [-0.2, -0.15) is 0 Å². The lowest BCUT2D eigenvalue weighted by atomic mass is 9.88. The average Bonchev–Trinajstić information content (AvgIpc) is 2.56. The molecule has 0 aliphatic heterocycles. The predicted molar refractivity (Wildman–Crippen MR) is 66.0 cm³/mol. The lowest BCUT2D eigenvalue weighted by molar-refractivity contribution is -0.00434. The summed E-state index contributed by atoms with van der Waals surface area (Å²) in [5.41, 5.74) is 0.371. The van der Waals surface area contributed by atoms with Crippen molar-refractivity contribution < 1.29 is 5.11 Å². The van der Waals surface area contributed by atoms with Gasteiger partial charge < -0.3 is 10.0 Å². The minimum atomic E-state index is -0.637. The standard InChI is InChI=1S/C10H19BrN4O/c1-6-10(2,14(3)4)8(16)7-9(11)12-13-15(7)5/h8,16H,6H2,1-5H3. The van der Waals surface area contributed by atoms with E-state index >= 15 is 0 Å². The van der Waals surface area contributed by atoms with E-state index in [0.717, 1.165) is 6.42 Å². The Hall–Kier alpha value is -0.460. The van der Waals surface area contributed by atoms with E-state index in [9.17, 15) is 5.11 Å². The van der Waals surface area contributed by atoms with Crippen molar-refractivity contribution >= 4 is 15.9 Å². The third-order valence-electron chi connectivity index (χ3n) is 3.41. The van der Waals surface area contributed by atoms with Crippen molar-refractivity contribution in [2.75, 3.05) is 14.1 Å². The third-order valence-corrected chi connectivity index (χ3v) is 3.98. The minimum Gasteiger partial charge on any atom is -0.385 e. The highest BCUT2D eigenvalue weighted by molar-refractivity contribution is 9.10. The highest BCUT2D eigenvalue weighted by atomic mass is 79.9. The van der Waals surface area contributed by atoms with Gasteiger partial charge in [-0.05, 0) is 43.4 Å². The Labute approximate surface area is 105 Å². The first-order valence-electron chi connectivity index (χ1n) is 5.25. The van der Waals surface area contributed by atoms with E-state index in [1.54, 1.807) is 11.7 Å². The van der Waals surface area contributed by atoms with E-state index in [4.69, 9.17) is 0 Å². The maximum atomic E-state index is 10.5. The Morgan fingerprint density at radius 3 is 2.44 bits per heavy atom. The van der Waals surface area contributed by atoms with Gasteiger partial charge in [0, 0.05) is 12.6 Å². The van der Waals surface area contributed by atoms with Gasteiger partial charge in [-0.15, -0.1) is 5.10 Å². The SMILES string of the molecule is CCC(C)(C(O)c1c(Br)nnn1C)N(C)C. The molecule has 2 atom stereocenters. The van der Waals surface area contributed by atoms with Crippen LogP contribution >= 0.6 is 15.9 Å². The van der Waals surface area contributed by atoms with Gasteiger partial charge in [0.25, 0.3) is 0 Å². The smallest absolute Gasteiger partial charge is 0.154 e. The van der Waals surface area contributed by atoms with Gasteiger partial charge >= 0.3 is 0 Å². The van der Waals surface area contributed by atoms with E-state index in [2.05, 4.69) is 33.2 Å². The van der Waals surface area contributed by atoms with Crippen LogP contribution in [0.15, 0.2) is 4.60 Å². The molecule has 0 radical (unpaired) electrons. The lowest BCUT2D eigenvalue weighted by Crippen LogP contribution is -2.46. The molecule has 16 heavy (non-hydrogen) atoms. The molecule has 1 N–H and O–H groups in total. The molecule has 0 aliphatic rings. The molecule has 1 aromatic rings. The number of aliphatic hydroxyl groups is 1. The van der Waals surface area contributed by atoms with Crippen molar-refractivity contribution in [2.24, 2.45) is 7.05 Å². The fourth-order valence-corrected chi connectivity index (χ4v) is 2.22. The second kappa shape index (κ2) is 4.81. The van der Waals surface area contributed by atoms with Crippen LogP contribution in [-0.2, 0) is 7.05 Å². The molecule has 0 saturated heterocycles. The van der Waals surface area contributed by atoms with Gasteiger partial charge in [-0.25, -0.2) is 4.68 Å². The Bertz CT molecular complexity index is 346. The highest BCUT2D eigenvalue weighted by Crippen LogP contribution is 2.34. The van der Waals surface area contributed by atoms with Gasteiger partial charge in [0.1, 0.15) is 11.8 Å². The molecule has 1 aromatic heterocycles. The molecule has 0 saturated carbocycles. The number of hydrogen-bond donors (Lipinski definition) is 1. The zero-order valence-electron chi connectivity index (χ0n) is 10.4. The average molecular weight is 291 g/mol. The van der Waals surface area contributed by atoms with Crippen LogP contribution in [0, 0.1) is 0 Å². The first kappa shape index (κ1) is 13.6. The fraction of sp³-hybridized carbons (Fsp3) is 0.800. The van der Waals surface area contributed by atoms with Gasteiger partial charge in [-0.3, -0.25) is 0 Å². The number of aromatic nitrogens is 3. The summed E-state index contributed by atoms with van der Waals surface area (Å²) >= 11 is 3.32. The third kappa shape index (κ3) is 2.14. The number of aryl methyl sites for hydroxylation is 1. The maximum Gasteiger partial charge on any atom is 0.154 e. The van der Waals surface area contributed by atoms with E-state index in [-0.39, 0.29) is 5.54 Å². The largest absolute Gasteiger partial charge is 0.385 e. The summed E-state index contributed by atoms with van der Waals surface area (Å²) in [6.07, 6.45) is 0.195. The first-order chi connectivity index (χ1) is 7.34. The van der Waals surface area contributed by atoms with E-state index in [1.807, 2.05) is 25.9 Å². The summed E-state index contributed by atoms with van der Waals surface area (Å²) in [6.45, 7) is 4.08. The quantitative estimate of drug-likeness (QED) is 0.909. The zero-order chi connectivity index (χ0) is 12.5. The maximum absolute atomic E-state index is 10.5. The second-order valence-electron chi connectivity index (χ2n) is 4.40. The number of halogens is 1. The van der Waals surface area contributed by atoms with Gasteiger partial charge in [0.15, 0.2) is 4.60 Å². The van der Waals surface area contributed by atoms with Gasteiger partial charge in [0.2, 0.25) is 0 Å². The molecular weight excluding hydrogens is 272 g/mol. The molecule has 0 amide bonds. The van der Waals surface area contributed by atoms with Crippen LogP contribution < -0.4 is 0 Å². The van der Waals surface area contributed by atoms with Crippen LogP contribution in [0.5, 0.6) is 0 Å². The van der Waals surface area contributed by atoms with Crippen LogP contribution in [0.3, 0.4) is 0 Å². The van der Waals surface area contributed by atoms with Crippen LogP contribution in [0.25, 0.3) is 0 Å². The Kier molecular flexibility index (Phi) is 4.09. The highest BCUT2D eigenvalue weighted by Gasteiger charge is 2.37. The Morgan fingerprint density at radius 2 is 2.12 bits per heavy atom. The van der Waals surface area contributed by atoms with Crippen LogP contribution in [0.4, 0.5) is 0 Å². The molecule has 0 fully saturated rings. The summed E-state index contributed by atoms with van der Waals surface area (Å²) in [6, 6.07) is 0. The monoisotopic (exact) mass is 290 g/mol. The fourth-order valence-electron chi connectivity index (χ4n) is 1.68. The summed E-state index contributed by atoms with van der Waals surface area (Å²) in [5, 5.41) is 18.3.